The third-order valence-corrected chi connectivity index (χ3v) is 4.97. The van der Waals surface area contributed by atoms with Gasteiger partial charge in [-0.1, -0.05) is 12.1 Å². The predicted octanol–water partition coefficient (Wildman–Crippen LogP) is 3.40. The minimum atomic E-state index is -0.566. The van der Waals surface area contributed by atoms with Gasteiger partial charge in [0.05, 0.1) is 40.6 Å². The van der Waals surface area contributed by atoms with Gasteiger partial charge in [-0.3, -0.25) is 0 Å². The molecular formula is C23H32O6. The van der Waals surface area contributed by atoms with Gasteiger partial charge in [-0.15, -0.1) is 0 Å². The van der Waals surface area contributed by atoms with Crippen LogP contribution in [0.4, 0.5) is 0 Å². The first-order chi connectivity index (χ1) is 14.0. The van der Waals surface area contributed by atoms with E-state index >= 15 is 0 Å². The monoisotopic (exact) mass is 404 g/mol. The first-order valence-corrected chi connectivity index (χ1v) is 9.78. The summed E-state index contributed by atoms with van der Waals surface area (Å²) in [5, 5.41) is 20.6. The second kappa shape index (κ2) is 11.5. The highest BCUT2D eigenvalue weighted by atomic mass is 16.5. The van der Waals surface area contributed by atoms with Gasteiger partial charge in [-0.25, -0.2) is 0 Å². The van der Waals surface area contributed by atoms with Crippen molar-refractivity contribution in [2.75, 3.05) is 28.4 Å². The van der Waals surface area contributed by atoms with Crippen molar-refractivity contribution in [3.05, 3.63) is 47.5 Å². The third kappa shape index (κ3) is 6.84. The maximum absolute atomic E-state index is 10.3. The Morgan fingerprint density at radius 2 is 1.00 bits per heavy atom. The van der Waals surface area contributed by atoms with E-state index in [-0.39, 0.29) is 0 Å². The van der Waals surface area contributed by atoms with Gasteiger partial charge in [0, 0.05) is 0 Å². The number of hydrogen-bond donors (Lipinski definition) is 2. The SMILES string of the molecule is COc1ccc(CC[C@H](O)C[C@@H](O)CCc2ccc(OC)c(OC)c2)cc1OC. The van der Waals surface area contributed by atoms with Crippen LogP contribution < -0.4 is 18.9 Å². The van der Waals surface area contributed by atoms with Crippen LogP contribution in [0.3, 0.4) is 0 Å². The van der Waals surface area contributed by atoms with Gasteiger partial charge < -0.3 is 29.2 Å². The van der Waals surface area contributed by atoms with E-state index in [0.29, 0.717) is 55.1 Å². The molecule has 0 fully saturated rings. The molecule has 0 heterocycles. The van der Waals surface area contributed by atoms with Gasteiger partial charge in [-0.2, -0.15) is 0 Å². The van der Waals surface area contributed by atoms with Crippen molar-refractivity contribution in [3.8, 4) is 23.0 Å². The maximum Gasteiger partial charge on any atom is 0.160 e. The molecule has 2 rings (SSSR count). The Balaban J connectivity index is 1.79. The topological polar surface area (TPSA) is 77.4 Å². The Hall–Kier alpha value is -2.44. The van der Waals surface area contributed by atoms with Gasteiger partial charge in [0.15, 0.2) is 23.0 Å². The van der Waals surface area contributed by atoms with Crippen LogP contribution in [0.25, 0.3) is 0 Å². The summed E-state index contributed by atoms with van der Waals surface area (Å²) in [6.07, 6.45) is 1.76. The van der Waals surface area contributed by atoms with Crippen molar-refractivity contribution in [1.82, 2.24) is 0 Å². The lowest BCUT2D eigenvalue weighted by molar-refractivity contribution is 0.0714. The summed E-state index contributed by atoms with van der Waals surface area (Å²) in [6.45, 7) is 0. The molecule has 0 unspecified atom stereocenters. The van der Waals surface area contributed by atoms with E-state index in [4.69, 9.17) is 18.9 Å². The molecule has 0 radical (unpaired) electrons. The van der Waals surface area contributed by atoms with Crippen LogP contribution >= 0.6 is 0 Å². The number of hydrogen-bond acceptors (Lipinski definition) is 6. The first kappa shape index (κ1) is 22.8. The first-order valence-electron chi connectivity index (χ1n) is 9.78. The highest BCUT2D eigenvalue weighted by Gasteiger charge is 2.14. The minimum absolute atomic E-state index is 0.348. The van der Waals surface area contributed by atoms with E-state index in [9.17, 15) is 10.2 Å². The molecular weight excluding hydrogens is 372 g/mol. The van der Waals surface area contributed by atoms with Crippen LogP contribution in [-0.4, -0.2) is 50.9 Å². The third-order valence-electron chi connectivity index (χ3n) is 4.97. The maximum atomic E-state index is 10.3. The van der Waals surface area contributed by atoms with Crippen LogP contribution in [0.2, 0.25) is 0 Å². The number of rotatable bonds is 12. The average Bonchev–Trinajstić information content (AvgIpc) is 2.75. The van der Waals surface area contributed by atoms with Crippen molar-refractivity contribution >= 4 is 0 Å². The van der Waals surface area contributed by atoms with E-state index in [1.165, 1.54) is 0 Å². The summed E-state index contributed by atoms with van der Waals surface area (Å²) < 4.78 is 21.1. The van der Waals surface area contributed by atoms with Crippen molar-refractivity contribution in [2.45, 2.75) is 44.3 Å². The molecule has 2 aromatic carbocycles. The molecule has 0 saturated carbocycles. The fourth-order valence-corrected chi connectivity index (χ4v) is 3.29. The Morgan fingerprint density at radius 1 is 0.621 bits per heavy atom. The molecule has 0 aliphatic carbocycles. The van der Waals surface area contributed by atoms with Crippen LogP contribution in [0.5, 0.6) is 23.0 Å². The largest absolute Gasteiger partial charge is 0.493 e. The van der Waals surface area contributed by atoms with Crippen LogP contribution in [0, 0.1) is 0 Å². The Labute approximate surface area is 173 Å². The molecule has 0 aliphatic rings. The fraction of sp³-hybridized carbons (Fsp3) is 0.478. The van der Waals surface area contributed by atoms with Crippen LogP contribution in [0.15, 0.2) is 36.4 Å². The lowest BCUT2D eigenvalue weighted by atomic mass is 9.99. The van der Waals surface area contributed by atoms with Gasteiger partial charge in [0.25, 0.3) is 0 Å². The van der Waals surface area contributed by atoms with Crippen molar-refractivity contribution in [3.63, 3.8) is 0 Å². The molecule has 0 aliphatic heterocycles. The van der Waals surface area contributed by atoms with Gasteiger partial charge in [-0.05, 0) is 67.5 Å². The zero-order chi connectivity index (χ0) is 21.2. The van der Waals surface area contributed by atoms with Gasteiger partial charge in [0.2, 0.25) is 0 Å². The zero-order valence-electron chi connectivity index (χ0n) is 17.7. The van der Waals surface area contributed by atoms with Crippen LogP contribution in [-0.2, 0) is 12.8 Å². The predicted molar refractivity (Wildman–Crippen MR) is 112 cm³/mol. The van der Waals surface area contributed by atoms with E-state index in [1.54, 1.807) is 28.4 Å². The molecule has 0 aromatic heterocycles. The lowest BCUT2D eigenvalue weighted by Gasteiger charge is -2.17. The molecule has 0 bridgehead atoms. The molecule has 0 saturated heterocycles. The Morgan fingerprint density at radius 3 is 1.34 bits per heavy atom. The molecule has 6 nitrogen and oxygen atoms in total. The number of methoxy groups -OCH3 is 4. The molecule has 6 heteroatoms. The highest BCUT2D eigenvalue weighted by Crippen LogP contribution is 2.29. The van der Waals surface area contributed by atoms with Crippen molar-refractivity contribution in [2.24, 2.45) is 0 Å². The highest BCUT2D eigenvalue weighted by molar-refractivity contribution is 5.43. The lowest BCUT2D eigenvalue weighted by Crippen LogP contribution is -2.19. The molecule has 0 spiro atoms. The fourth-order valence-electron chi connectivity index (χ4n) is 3.29. The number of benzene rings is 2. The summed E-state index contributed by atoms with van der Waals surface area (Å²) in [4.78, 5) is 0. The van der Waals surface area contributed by atoms with E-state index in [0.717, 1.165) is 11.1 Å². The number of aliphatic hydroxyl groups excluding tert-OH is 2. The normalized spacial score (nSPS) is 12.9. The van der Waals surface area contributed by atoms with Crippen molar-refractivity contribution in [1.29, 1.82) is 0 Å². The quantitative estimate of drug-likeness (QED) is 0.565. The summed E-state index contributed by atoms with van der Waals surface area (Å²) in [5.41, 5.74) is 2.11. The standard InChI is InChI=1S/C23H32O6/c1-26-20-11-7-16(13-22(20)28-3)5-9-18(24)15-19(25)10-6-17-8-12-21(27-2)23(14-17)29-4/h7-8,11-14,18-19,24-25H,5-6,9-10,15H2,1-4H3/t18-,19-/m0/s1. The molecule has 2 aromatic rings. The minimum Gasteiger partial charge on any atom is -0.493 e. The van der Waals surface area contributed by atoms with E-state index in [1.807, 2.05) is 36.4 Å². The molecule has 160 valence electrons. The molecule has 2 N–H and O–H groups in total. The van der Waals surface area contributed by atoms with E-state index < -0.39 is 12.2 Å². The number of ether oxygens (including phenoxy) is 4. The second-order valence-corrected chi connectivity index (χ2v) is 7.00. The molecule has 2 atom stereocenters. The molecule has 0 amide bonds. The van der Waals surface area contributed by atoms with Crippen LogP contribution in [0.1, 0.15) is 30.4 Å². The number of aryl methyl sites for hydroxylation is 2. The van der Waals surface area contributed by atoms with E-state index in [2.05, 4.69) is 0 Å². The Bertz CT molecular complexity index is 698. The zero-order valence-corrected chi connectivity index (χ0v) is 17.7. The summed E-state index contributed by atoms with van der Waals surface area (Å²) in [7, 11) is 6.41. The smallest absolute Gasteiger partial charge is 0.160 e. The van der Waals surface area contributed by atoms with Crippen molar-refractivity contribution < 1.29 is 29.2 Å². The summed E-state index contributed by atoms with van der Waals surface area (Å²) >= 11 is 0. The second-order valence-electron chi connectivity index (χ2n) is 7.00. The molecule has 29 heavy (non-hydrogen) atoms. The summed E-state index contributed by atoms with van der Waals surface area (Å²) in [6, 6.07) is 11.5. The Kier molecular flexibility index (Phi) is 9.09. The summed E-state index contributed by atoms with van der Waals surface area (Å²) in [5.74, 6) is 2.72. The van der Waals surface area contributed by atoms with Gasteiger partial charge in [0.1, 0.15) is 0 Å². The average molecular weight is 405 g/mol. The number of aliphatic hydroxyl groups is 2. The van der Waals surface area contributed by atoms with Gasteiger partial charge >= 0.3 is 0 Å².